The lowest BCUT2D eigenvalue weighted by Gasteiger charge is -2.16. The molecular formula is C15H28N2S. The predicted octanol–water partition coefficient (Wildman–Crippen LogP) is 4.35. The molecule has 0 aliphatic rings. The summed E-state index contributed by atoms with van der Waals surface area (Å²) < 4.78 is 0. The van der Waals surface area contributed by atoms with Gasteiger partial charge in [-0.2, -0.15) is 0 Å². The summed E-state index contributed by atoms with van der Waals surface area (Å²) in [4.78, 5) is 6.27. The molecule has 1 heterocycles. The summed E-state index contributed by atoms with van der Waals surface area (Å²) in [6.45, 7) is 15.5. The van der Waals surface area contributed by atoms with Gasteiger partial charge in [-0.25, -0.2) is 4.98 Å². The highest BCUT2D eigenvalue weighted by molar-refractivity contribution is 7.11. The molecule has 0 unspecified atom stereocenters. The van der Waals surface area contributed by atoms with Crippen molar-refractivity contribution < 1.29 is 0 Å². The van der Waals surface area contributed by atoms with Gasteiger partial charge in [0.2, 0.25) is 0 Å². The van der Waals surface area contributed by atoms with Gasteiger partial charge in [0.15, 0.2) is 0 Å². The van der Waals surface area contributed by atoms with Gasteiger partial charge in [0, 0.05) is 11.4 Å². The van der Waals surface area contributed by atoms with Crippen LogP contribution in [0.4, 0.5) is 0 Å². The van der Waals surface area contributed by atoms with Gasteiger partial charge in [-0.1, -0.05) is 41.5 Å². The van der Waals surface area contributed by atoms with Crippen LogP contribution in [0.2, 0.25) is 0 Å². The van der Waals surface area contributed by atoms with Crippen LogP contribution in [0.25, 0.3) is 0 Å². The summed E-state index contributed by atoms with van der Waals surface area (Å²) >= 11 is 1.89. The summed E-state index contributed by atoms with van der Waals surface area (Å²) in [6, 6.07) is 0. The zero-order valence-electron chi connectivity index (χ0n) is 12.8. The van der Waals surface area contributed by atoms with Crippen molar-refractivity contribution in [1.29, 1.82) is 0 Å². The molecule has 0 saturated heterocycles. The highest BCUT2D eigenvalue weighted by Crippen LogP contribution is 2.28. The lowest BCUT2D eigenvalue weighted by Crippen LogP contribution is -2.12. The first-order valence-electron chi connectivity index (χ1n) is 7.02. The van der Waals surface area contributed by atoms with Gasteiger partial charge >= 0.3 is 0 Å². The third-order valence-electron chi connectivity index (χ3n) is 2.94. The standard InChI is InChI=1S/C15H28N2S/c1-7-16-10-12-14(11(2)3)17-13(18-12)8-9-15(4,5)6/h11,16H,7-10H2,1-6H3. The third-order valence-corrected chi connectivity index (χ3v) is 4.07. The molecule has 0 spiro atoms. The third kappa shape index (κ3) is 5.07. The number of hydrogen-bond acceptors (Lipinski definition) is 3. The molecule has 0 amide bonds. The minimum Gasteiger partial charge on any atom is -0.312 e. The van der Waals surface area contributed by atoms with Crippen molar-refractivity contribution in [3.63, 3.8) is 0 Å². The molecule has 104 valence electrons. The molecule has 3 heteroatoms. The van der Waals surface area contributed by atoms with Crippen LogP contribution >= 0.6 is 11.3 Å². The number of nitrogens with zero attached hydrogens (tertiary/aromatic N) is 1. The van der Waals surface area contributed by atoms with Gasteiger partial charge < -0.3 is 5.32 Å². The molecule has 1 N–H and O–H groups in total. The zero-order chi connectivity index (χ0) is 13.8. The summed E-state index contributed by atoms with van der Waals surface area (Å²) in [5, 5.41) is 4.72. The first-order chi connectivity index (χ1) is 8.33. The lowest BCUT2D eigenvalue weighted by molar-refractivity contribution is 0.378. The normalized spacial score (nSPS) is 12.4. The van der Waals surface area contributed by atoms with Crippen molar-refractivity contribution >= 4 is 11.3 Å². The molecule has 0 atom stereocenters. The molecule has 0 aromatic carbocycles. The average molecular weight is 268 g/mol. The van der Waals surface area contributed by atoms with Gasteiger partial charge in [-0.05, 0) is 30.7 Å². The van der Waals surface area contributed by atoms with Crippen molar-refractivity contribution in [2.45, 2.75) is 66.8 Å². The maximum Gasteiger partial charge on any atom is 0.0931 e. The summed E-state index contributed by atoms with van der Waals surface area (Å²) in [5.74, 6) is 0.526. The van der Waals surface area contributed by atoms with E-state index in [9.17, 15) is 0 Å². The number of rotatable bonds is 6. The highest BCUT2D eigenvalue weighted by Gasteiger charge is 2.16. The minimum absolute atomic E-state index is 0.394. The van der Waals surface area contributed by atoms with Crippen LogP contribution in [0.3, 0.4) is 0 Å². The minimum atomic E-state index is 0.394. The van der Waals surface area contributed by atoms with Crippen molar-refractivity contribution in [2.75, 3.05) is 6.54 Å². The van der Waals surface area contributed by atoms with Gasteiger partial charge in [0.05, 0.1) is 10.7 Å². The van der Waals surface area contributed by atoms with Crippen LogP contribution in [0, 0.1) is 5.41 Å². The highest BCUT2D eigenvalue weighted by atomic mass is 32.1. The Hall–Kier alpha value is -0.410. The Morgan fingerprint density at radius 3 is 2.44 bits per heavy atom. The number of hydrogen-bond donors (Lipinski definition) is 1. The Morgan fingerprint density at radius 2 is 1.94 bits per heavy atom. The van der Waals surface area contributed by atoms with Gasteiger partial charge in [0.25, 0.3) is 0 Å². The van der Waals surface area contributed by atoms with Crippen molar-refractivity contribution in [2.24, 2.45) is 5.41 Å². The van der Waals surface area contributed by atoms with E-state index in [1.165, 1.54) is 22.0 Å². The fraction of sp³-hybridized carbons (Fsp3) is 0.800. The molecule has 1 aromatic heterocycles. The molecule has 18 heavy (non-hydrogen) atoms. The molecule has 0 saturated carbocycles. The number of aryl methyl sites for hydroxylation is 1. The van der Waals surface area contributed by atoms with E-state index in [4.69, 9.17) is 4.98 Å². The van der Waals surface area contributed by atoms with Crippen LogP contribution in [-0.2, 0) is 13.0 Å². The lowest BCUT2D eigenvalue weighted by atomic mass is 9.91. The SMILES string of the molecule is CCNCc1sc(CCC(C)(C)C)nc1C(C)C. The van der Waals surface area contributed by atoms with E-state index >= 15 is 0 Å². The second-order valence-electron chi connectivity index (χ2n) is 6.41. The Kier molecular flexibility index (Phi) is 5.80. The Labute approximate surface area is 116 Å². The first-order valence-corrected chi connectivity index (χ1v) is 7.84. The van der Waals surface area contributed by atoms with Gasteiger partial charge in [-0.3, -0.25) is 0 Å². The van der Waals surface area contributed by atoms with Crippen LogP contribution in [0.15, 0.2) is 0 Å². The van der Waals surface area contributed by atoms with Crippen LogP contribution in [0.5, 0.6) is 0 Å². The molecule has 1 rings (SSSR count). The van der Waals surface area contributed by atoms with E-state index in [2.05, 4.69) is 46.9 Å². The molecule has 0 bridgehead atoms. The van der Waals surface area contributed by atoms with E-state index in [-0.39, 0.29) is 0 Å². The largest absolute Gasteiger partial charge is 0.312 e. The van der Waals surface area contributed by atoms with Crippen molar-refractivity contribution in [3.8, 4) is 0 Å². The summed E-state index contributed by atoms with van der Waals surface area (Å²) in [5.41, 5.74) is 1.69. The van der Waals surface area contributed by atoms with Crippen molar-refractivity contribution in [3.05, 3.63) is 15.6 Å². The molecular weight excluding hydrogens is 240 g/mol. The fourth-order valence-electron chi connectivity index (χ4n) is 1.82. The van der Waals surface area contributed by atoms with Crippen LogP contribution < -0.4 is 5.32 Å². The average Bonchev–Trinajstić information content (AvgIpc) is 2.66. The van der Waals surface area contributed by atoms with E-state index in [0.29, 0.717) is 11.3 Å². The van der Waals surface area contributed by atoms with E-state index in [0.717, 1.165) is 19.5 Å². The fourth-order valence-corrected chi connectivity index (χ4v) is 3.01. The topological polar surface area (TPSA) is 24.9 Å². The van der Waals surface area contributed by atoms with Crippen LogP contribution in [0.1, 0.15) is 69.5 Å². The molecule has 1 aromatic rings. The quantitative estimate of drug-likeness (QED) is 0.829. The summed E-state index contributed by atoms with van der Waals surface area (Å²) in [7, 11) is 0. The second kappa shape index (κ2) is 6.67. The second-order valence-corrected chi connectivity index (χ2v) is 7.58. The Morgan fingerprint density at radius 1 is 1.28 bits per heavy atom. The van der Waals surface area contributed by atoms with Crippen LogP contribution in [-0.4, -0.2) is 11.5 Å². The maximum absolute atomic E-state index is 4.84. The number of aromatic nitrogens is 1. The monoisotopic (exact) mass is 268 g/mol. The molecule has 0 fully saturated rings. The van der Waals surface area contributed by atoms with Gasteiger partial charge in [0.1, 0.15) is 0 Å². The summed E-state index contributed by atoms with van der Waals surface area (Å²) in [6.07, 6.45) is 2.32. The Balaban J connectivity index is 2.75. The Bertz CT molecular complexity index is 361. The molecule has 0 aliphatic heterocycles. The predicted molar refractivity (Wildman–Crippen MR) is 81.4 cm³/mol. The molecule has 0 radical (unpaired) electrons. The van der Waals surface area contributed by atoms with Gasteiger partial charge in [-0.15, -0.1) is 11.3 Å². The molecule has 0 aliphatic carbocycles. The maximum atomic E-state index is 4.84. The van der Waals surface area contributed by atoms with E-state index in [1.807, 2.05) is 11.3 Å². The number of thiazole rings is 1. The zero-order valence-corrected chi connectivity index (χ0v) is 13.6. The first kappa shape index (κ1) is 15.6. The number of nitrogens with one attached hydrogen (secondary N) is 1. The molecule has 2 nitrogen and oxygen atoms in total. The van der Waals surface area contributed by atoms with Crippen molar-refractivity contribution in [1.82, 2.24) is 10.3 Å². The van der Waals surface area contributed by atoms with E-state index < -0.39 is 0 Å². The smallest absolute Gasteiger partial charge is 0.0931 e. The van der Waals surface area contributed by atoms with E-state index in [1.54, 1.807) is 0 Å².